The summed E-state index contributed by atoms with van der Waals surface area (Å²) in [4.78, 5) is 25.1. The number of ether oxygens (including phenoxy) is 1. The van der Waals surface area contributed by atoms with Crippen LogP contribution in [0.15, 0.2) is 15.8 Å². The van der Waals surface area contributed by atoms with Crippen LogP contribution in [0, 0.1) is 6.92 Å². The highest BCUT2D eigenvalue weighted by atomic mass is 16.5. The number of aliphatic hydroxyl groups is 2. The van der Waals surface area contributed by atoms with Crippen molar-refractivity contribution in [2.45, 2.75) is 38.2 Å². The van der Waals surface area contributed by atoms with E-state index in [0.717, 1.165) is 0 Å². The Morgan fingerprint density at radius 3 is 2.83 bits per heavy atom. The van der Waals surface area contributed by atoms with Crippen molar-refractivity contribution in [2.75, 3.05) is 6.61 Å². The number of nitrogens with one attached hydrogen (secondary N) is 1. The van der Waals surface area contributed by atoms with Gasteiger partial charge in [0.1, 0.15) is 11.8 Å². The van der Waals surface area contributed by atoms with Crippen LogP contribution < -0.4 is 11.2 Å². The maximum atomic E-state index is 11.7. The van der Waals surface area contributed by atoms with Crippen LogP contribution in [-0.4, -0.2) is 38.1 Å². The topological polar surface area (TPSA) is 105 Å². The summed E-state index contributed by atoms with van der Waals surface area (Å²) in [7, 11) is 0. The third-order valence-electron chi connectivity index (χ3n) is 3.38. The molecule has 0 bridgehead atoms. The minimum absolute atomic E-state index is 0.0933. The van der Waals surface area contributed by atoms with Crippen LogP contribution in [0.2, 0.25) is 0 Å². The molecule has 0 radical (unpaired) electrons. The van der Waals surface area contributed by atoms with Gasteiger partial charge < -0.3 is 14.9 Å². The summed E-state index contributed by atoms with van der Waals surface area (Å²) in [5, 5.41) is 19.2. The van der Waals surface area contributed by atoms with Gasteiger partial charge in [0.2, 0.25) is 0 Å². The molecule has 7 nitrogen and oxygen atoms in total. The van der Waals surface area contributed by atoms with Crippen molar-refractivity contribution in [1.82, 2.24) is 9.55 Å². The molecule has 18 heavy (non-hydrogen) atoms. The summed E-state index contributed by atoms with van der Waals surface area (Å²) in [6.45, 7) is 2.76. The lowest BCUT2D eigenvalue weighted by Gasteiger charge is -2.21. The second-order valence-corrected chi connectivity index (χ2v) is 4.68. The number of aromatic nitrogens is 2. The van der Waals surface area contributed by atoms with Crippen LogP contribution in [-0.2, 0) is 4.74 Å². The van der Waals surface area contributed by atoms with Gasteiger partial charge in [-0.1, -0.05) is 0 Å². The number of aryl methyl sites for hydroxylation is 1. The number of aromatic amines is 1. The van der Waals surface area contributed by atoms with Gasteiger partial charge in [-0.25, -0.2) is 4.79 Å². The standard InChI is InChI=1S/C11H16N2O5/c1-6-4-13(10(16)12-9(6)15)8-3-11(17,5-14)7(2)18-8/h4,7-8,14,17H,3,5H2,1-2H3,(H,12,15,16)/t7-,8-,11-/m1/s1. The molecular weight excluding hydrogens is 240 g/mol. The first kappa shape index (κ1) is 13.0. The molecule has 0 aliphatic carbocycles. The first-order chi connectivity index (χ1) is 8.37. The Kier molecular flexibility index (Phi) is 3.14. The molecule has 0 spiro atoms. The molecule has 1 aliphatic heterocycles. The van der Waals surface area contributed by atoms with E-state index < -0.39 is 35.8 Å². The fraction of sp³-hybridized carbons (Fsp3) is 0.636. The zero-order valence-electron chi connectivity index (χ0n) is 10.2. The molecule has 3 atom stereocenters. The number of H-pyrrole nitrogens is 1. The number of hydrogen-bond donors (Lipinski definition) is 3. The van der Waals surface area contributed by atoms with Crippen LogP contribution in [0.4, 0.5) is 0 Å². The summed E-state index contributed by atoms with van der Waals surface area (Å²) in [6.07, 6.45) is 0.199. The smallest absolute Gasteiger partial charge is 0.330 e. The molecule has 2 heterocycles. The highest BCUT2D eigenvalue weighted by Gasteiger charge is 2.45. The zero-order valence-corrected chi connectivity index (χ0v) is 10.2. The summed E-state index contributed by atoms with van der Waals surface area (Å²) in [6, 6.07) is 0. The predicted molar refractivity (Wildman–Crippen MR) is 62.3 cm³/mol. The van der Waals surface area contributed by atoms with Crippen LogP contribution >= 0.6 is 0 Å². The third-order valence-corrected chi connectivity index (χ3v) is 3.38. The van der Waals surface area contributed by atoms with Crippen molar-refractivity contribution in [3.63, 3.8) is 0 Å². The van der Waals surface area contributed by atoms with Gasteiger partial charge in [0.25, 0.3) is 5.56 Å². The van der Waals surface area contributed by atoms with Crippen LogP contribution in [0.3, 0.4) is 0 Å². The Bertz CT molecular complexity index is 563. The van der Waals surface area contributed by atoms with Gasteiger partial charge in [-0.05, 0) is 13.8 Å². The van der Waals surface area contributed by atoms with E-state index in [2.05, 4.69) is 4.98 Å². The number of aliphatic hydroxyl groups excluding tert-OH is 1. The molecule has 3 N–H and O–H groups in total. The molecule has 1 aliphatic rings. The molecule has 2 rings (SSSR count). The van der Waals surface area contributed by atoms with Crippen LogP contribution in [0.1, 0.15) is 25.1 Å². The summed E-state index contributed by atoms with van der Waals surface area (Å²) in [5.41, 5.74) is -2.02. The third kappa shape index (κ3) is 2.00. The van der Waals surface area contributed by atoms with Crippen molar-refractivity contribution in [2.24, 2.45) is 0 Å². The molecule has 1 saturated heterocycles. The fourth-order valence-corrected chi connectivity index (χ4v) is 2.04. The SMILES string of the molecule is Cc1cn([C@H]2C[C@@](O)(CO)[C@@H](C)O2)c(=O)[nH]c1=O. The van der Waals surface area contributed by atoms with Crippen molar-refractivity contribution in [3.05, 3.63) is 32.6 Å². The second-order valence-electron chi connectivity index (χ2n) is 4.68. The Hall–Kier alpha value is -1.44. The van der Waals surface area contributed by atoms with Gasteiger partial charge in [-0.3, -0.25) is 14.3 Å². The average molecular weight is 256 g/mol. The Labute approximate surface area is 103 Å². The highest BCUT2D eigenvalue weighted by Crippen LogP contribution is 2.35. The van der Waals surface area contributed by atoms with E-state index in [1.165, 1.54) is 10.8 Å². The van der Waals surface area contributed by atoms with Gasteiger partial charge in [-0.15, -0.1) is 0 Å². The van der Waals surface area contributed by atoms with E-state index in [4.69, 9.17) is 9.84 Å². The lowest BCUT2D eigenvalue weighted by Crippen LogP contribution is -2.40. The minimum atomic E-state index is -1.37. The Balaban J connectivity index is 2.38. The van der Waals surface area contributed by atoms with E-state index in [-0.39, 0.29) is 6.42 Å². The maximum absolute atomic E-state index is 11.7. The lowest BCUT2D eigenvalue weighted by atomic mass is 9.97. The lowest BCUT2D eigenvalue weighted by molar-refractivity contribution is -0.0729. The molecule has 0 saturated carbocycles. The van der Waals surface area contributed by atoms with Crippen LogP contribution in [0.25, 0.3) is 0 Å². The normalized spacial score (nSPS) is 31.8. The maximum Gasteiger partial charge on any atom is 0.330 e. The number of rotatable bonds is 2. The van der Waals surface area contributed by atoms with Crippen molar-refractivity contribution in [1.29, 1.82) is 0 Å². The molecular formula is C11H16N2O5. The highest BCUT2D eigenvalue weighted by molar-refractivity contribution is 5.03. The average Bonchev–Trinajstić information content (AvgIpc) is 2.61. The predicted octanol–water partition coefficient (Wildman–Crippen LogP) is -1.12. The van der Waals surface area contributed by atoms with Gasteiger partial charge >= 0.3 is 5.69 Å². The Morgan fingerprint density at radius 1 is 1.61 bits per heavy atom. The van der Waals surface area contributed by atoms with Crippen molar-refractivity contribution in [3.8, 4) is 0 Å². The number of nitrogens with zero attached hydrogens (tertiary/aromatic N) is 1. The largest absolute Gasteiger partial charge is 0.393 e. The monoisotopic (exact) mass is 256 g/mol. The van der Waals surface area contributed by atoms with E-state index in [1.54, 1.807) is 13.8 Å². The Morgan fingerprint density at radius 2 is 2.28 bits per heavy atom. The molecule has 0 amide bonds. The van der Waals surface area contributed by atoms with Gasteiger partial charge in [0.05, 0.1) is 12.7 Å². The number of hydrogen-bond acceptors (Lipinski definition) is 5. The quantitative estimate of drug-likeness (QED) is 0.621. The molecule has 1 fully saturated rings. The zero-order chi connectivity index (χ0) is 13.5. The summed E-state index contributed by atoms with van der Waals surface area (Å²) < 4.78 is 6.68. The minimum Gasteiger partial charge on any atom is -0.393 e. The van der Waals surface area contributed by atoms with Crippen molar-refractivity contribution >= 4 is 0 Å². The first-order valence-electron chi connectivity index (χ1n) is 5.68. The summed E-state index contributed by atoms with van der Waals surface area (Å²) >= 11 is 0. The summed E-state index contributed by atoms with van der Waals surface area (Å²) in [5.74, 6) is 0. The van der Waals surface area contributed by atoms with E-state index in [9.17, 15) is 14.7 Å². The van der Waals surface area contributed by atoms with Gasteiger partial charge in [0.15, 0.2) is 0 Å². The van der Waals surface area contributed by atoms with Gasteiger partial charge in [-0.2, -0.15) is 0 Å². The molecule has 1 aromatic rings. The van der Waals surface area contributed by atoms with Gasteiger partial charge in [0, 0.05) is 18.2 Å². The van der Waals surface area contributed by atoms with E-state index >= 15 is 0 Å². The first-order valence-corrected chi connectivity index (χ1v) is 5.68. The fourth-order valence-electron chi connectivity index (χ4n) is 2.04. The molecule has 0 aromatic carbocycles. The molecule has 0 unspecified atom stereocenters. The second kappa shape index (κ2) is 4.34. The molecule has 7 heteroatoms. The molecule has 1 aromatic heterocycles. The molecule has 100 valence electrons. The van der Waals surface area contributed by atoms with Crippen LogP contribution in [0.5, 0.6) is 0 Å². The van der Waals surface area contributed by atoms with Crippen molar-refractivity contribution < 1.29 is 14.9 Å². The van der Waals surface area contributed by atoms with E-state index in [1.807, 2.05) is 0 Å². The van der Waals surface area contributed by atoms with E-state index in [0.29, 0.717) is 5.56 Å².